The van der Waals surface area contributed by atoms with Gasteiger partial charge in [-0.2, -0.15) is 0 Å². The largest absolute Gasteiger partial charge is 0.322 e. The number of rotatable bonds is 2. The van der Waals surface area contributed by atoms with Crippen molar-refractivity contribution in [1.82, 2.24) is 9.88 Å². The average molecular weight is 319 g/mol. The van der Waals surface area contributed by atoms with E-state index in [4.69, 9.17) is 0 Å². The third-order valence-electron chi connectivity index (χ3n) is 4.52. The van der Waals surface area contributed by atoms with E-state index in [0.29, 0.717) is 12.2 Å². The van der Waals surface area contributed by atoms with Crippen molar-refractivity contribution in [2.45, 2.75) is 51.4 Å². The molecule has 0 spiro atoms. The monoisotopic (exact) mass is 319 g/mol. The third kappa shape index (κ3) is 2.39. The number of anilines is 1. The molecule has 2 unspecified atom stereocenters. The van der Waals surface area contributed by atoms with Gasteiger partial charge in [-0.15, -0.1) is 11.8 Å². The van der Waals surface area contributed by atoms with E-state index in [9.17, 15) is 9.59 Å². The fraction of sp³-hybridized carbons (Fsp3) is 0.562. The highest BCUT2D eigenvalue weighted by Gasteiger charge is 2.52. The summed E-state index contributed by atoms with van der Waals surface area (Å²) in [4.78, 5) is 30.8. The number of aryl methyl sites for hydroxylation is 3. The molecule has 2 aliphatic heterocycles. The Morgan fingerprint density at radius 1 is 1.45 bits per heavy atom. The summed E-state index contributed by atoms with van der Waals surface area (Å²) >= 11 is 1.71. The first-order chi connectivity index (χ1) is 10.3. The molecule has 0 saturated carbocycles. The highest BCUT2D eigenvalue weighted by Crippen LogP contribution is 2.47. The van der Waals surface area contributed by atoms with Crippen LogP contribution in [0.2, 0.25) is 0 Å². The summed E-state index contributed by atoms with van der Waals surface area (Å²) in [5.74, 6) is 0.636. The number of pyridine rings is 1. The topological polar surface area (TPSA) is 62.3 Å². The summed E-state index contributed by atoms with van der Waals surface area (Å²) in [6, 6.07) is 1.57. The molecule has 6 heteroatoms. The van der Waals surface area contributed by atoms with Gasteiger partial charge in [-0.3, -0.25) is 14.6 Å². The van der Waals surface area contributed by atoms with Crippen LogP contribution in [0.3, 0.4) is 0 Å². The van der Waals surface area contributed by atoms with E-state index in [1.165, 1.54) is 0 Å². The van der Waals surface area contributed by atoms with Crippen molar-refractivity contribution in [2.75, 3.05) is 11.1 Å². The van der Waals surface area contributed by atoms with E-state index in [0.717, 1.165) is 29.1 Å². The number of nitrogens with zero attached hydrogens (tertiary/aromatic N) is 2. The highest BCUT2D eigenvalue weighted by atomic mass is 32.2. The first kappa shape index (κ1) is 15.3. The number of carbonyl (C=O) groups excluding carboxylic acids is 2. The van der Waals surface area contributed by atoms with E-state index in [1.54, 1.807) is 16.7 Å². The number of aromatic nitrogens is 1. The van der Waals surface area contributed by atoms with Crippen LogP contribution < -0.4 is 5.32 Å². The standard InChI is InChI=1S/C16H21N3O2S/c1-9-7-10(2)17-11(3)14(9)18-15(21)12-8-22-16(4)6-5-13(20)19(12)16/h7,12H,5-6,8H2,1-4H3,(H,18,21). The molecule has 2 atom stereocenters. The van der Waals surface area contributed by atoms with Gasteiger partial charge in [-0.25, -0.2) is 0 Å². The van der Waals surface area contributed by atoms with Crippen molar-refractivity contribution in [3.05, 3.63) is 23.0 Å². The first-order valence-electron chi connectivity index (χ1n) is 7.54. The zero-order valence-corrected chi connectivity index (χ0v) is 14.2. The Labute approximate surface area is 134 Å². The smallest absolute Gasteiger partial charge is 0.248 e. The van der Waals surface area contributed by atoms with Gasteiger partial charge >= 0.3 is 0 Å². The van der Waals surface area contributed by atoms with Crippen LogP contribution in [-0.2, 0) is 9.59 Å². The number of hydrogen-bond donors (Lipinski definition) is 1. The van der Waals surface area contributed by atoms with E-state index in [-0.39, 0.29) is 22.7 Å². The van der Waals surface area contributed by atoms with Crippen molar-refractivity contribution >= 4 is 29.3 Å². The second-order valence-corrected chi connectivity index (χ2v) is 7.80. The molecule has 0 bridgehead atoms. The maximum absolute atomic E-state index is 12.7. The zero-order chi connectivity index (χ0) is 16.1. The van der Waals surface area contributed by atoms with Crippen LogP contribution in [0.1, 0.15) is 36.7 Å². The van der Waals surface area contributed by atoms with E-state index < -0.39 is 0 Å². The van der Waals surface area contributed by atoms with E-state index in [2.05, 4.69) is 17.2 Å². The molecule has 2 fully saturated rings. The Kier molecular flexibility index (Phi) is 3.67. The highest BCUT2D eigenvalue weighted by molar-refractivity contribution is 8.01. The molecular formula is C16H21N3O2S. The summed E-state index contributed by atoms with van der Waals surface area (Å²) in [5, 5.41) is 2.99. The minimum atomic E-state index is -0.384. The molecule has 2 saturated heterocycles. The molecule has 0 aliphatic carbocycles. The van der Waals surface area contributed by atoms with Crippen molar-refractivity contribution in [2.24, 2.45) is 0 Å². The van der Waals surface area contributed by atoms with Crippen molar-refractivity contribution < 1.29 is 9.59 Å². The number of nitrogens with one attached hydrogen (secondary N) is 1. The fourth-order valence-corrected chi connectivity index (χ4v) is 4.87. The van der Waals surface area contributed by atoms with Gasteiger partial charge in [0.1, 0.15) is 6.04 Å². The summed E-state index contributed by atoms with van der Waals surface area (Å²) < 4.78 is 0. The summed E-state index contributed by atoms with van der Waals surface area (Å²) in [7, 11) is 0. The molecule has 0 radical (unpaired) electrons. The van der Waals surface area contributed by atoms with Gasteiger partial charge in [0.15, 0.2) is 0 Å². The Balaban J connectivity index is 1.83. The van der Waals surface area contributed by atoms with Crippen LogP contribution in [-0.4, -0.2) is 38.4 Å². The zero-order valence-electron chi connectivity index (χ0n) is 13.4. The van der Waals surface area contributed by atoms with Crippen LogP contribution in [0.4, 0.5) is 5.69 Å². The Bertz CT molecular complexity index is 638. The van der Waals surface area contributed by atoms with Gasteiger partial charge in [-0.05, 0) is 45.7 Å². The SMILES string of the molecule is Cc1cc(C)c(NC(=O)C2CSC3(C)CCC(=O)N23)c(C)n1. The van der Waals surface area contributed by atoms with Crippen molar-refractivity contribution in [1.29, 1.82) is 0 Å². The number of fused-ring (bicyclic) bond motifs is 1. The van der Waals surface area contributed by atoms with Gasteiger partial charge in [-0.1, -0.05) is 0 Å². The molecular weight excluding hydrogens is 298 g/mol. The minimum Gasteiger partial charge on any atom is -0.322 e. The fourth-order valence-electron chi connectivity index (χ4n) is 3.43. The molecule has 1 N–H and O–H groups in total. The van der Waals surface area contributed by atoms with Crippen molar-refractivity contribution in [3.8, 4) is 0 Å². The van der Waals surface area contributed by atoms with Gasteiger partial charge < -0.3 is 10.2 Å². The van der Waals surface area contributed by atoms with E-state index >= 15 is 0 Å². The van der Waals surface area contributed by atoms with Crippen LogP contribution in [0.5, 0.6) is 0 Å². The second kappa shape index (κ2) is 5.26. The first-order valence-corrected chi connectivity index (χ1v) is 8.52. The van der Waals surface area contributed by atoms with Gasteiger partial charge in [0.25, 0.3) is 0 Å². The van der Waals surface area contributed by atoms with Crippen LogP contribution in [0.25, 0.3) is 0 Å². The molecule has 0 aromatic carbocycles. The second-order valence-electron chi connectivity index (χ2n) is 6.30. The predicted molar refractivity (Wildman–Crippen MR) is 87.8 cm³/mol. The Morgan fingerprint density at radius 2 is 2.18 bits per heavy atom. The van der Waals surface area contributed by atoms with Gasteiger partial charge in [0, 0.05) is 17.9 Å². The lowest BCUT2D eigenvalue weighted by Gasteiger charge is -2.30. The maximum Gasteiger partial charge on any atom is 0.248 e. The number of thioether (sulfide) groups is 1. The van der Waals surface area contributed by atoms with Crippen molar-refractivity contribution in [3.63, 3.8) is 0 Å². The maximum atomic E-state index is 12.7. The lowest BCUT2D eigenvalue weighted by molar-refractivity contribution is -0.135. The predicted octanol–water partition coefficient (Wildman–Crippen LogP) is 2.40. The molecule has 118 valence electrons. The summed E-state index contributed by atoms with van der Waals surface area (Å²) in [6.45, 7) is 7.85. The quantitative estimate of drug-likeness (QED) is 0.909. The molecule has 1 aromatic rings. The van der Waals surface area contributed by atoms with Crippen LogP contribution in [0.15, 0.2) is 6.07 Å². The summed E-state index contributed by atoms with van der Waals surface area (Å²) in [6.07, 6.45) is 1.36. The minimum absolute atomic E-state index is 0.0862. The van der Waals surface area contributed by atoms with Gasteiger partial charge in [0.05, 0.1) is 16.3 Å². The number of amides is 2. The molecule has 3 rings (SSSR count). The Hall–Kier alpha value is -1.56. The normalized spacial score (nSPS) is 27.2. The lowest BCUT2D eigenvalue weighted by atomic mass is 10.1. The third-order valence-corrected chi connectivity index (χ3v) is 6.03. The molecule has 3 heterocycles. The van der Waals surface area contributed by atoms with Crippen LogP contribution >= 0.6 is 11.8 Å². The number of hydrogen-bond acceptors (Lipinski definition) is 4. The summed E-state index contributed by atoms with van der Waals surface area (Å²) in [5.41, 5.74) is 3.51. The molecule has 1 aromatic heterocycles. The lowest BCUT2D eigenvalue weighted by Crippen LogP contribution is -2.48. The van der Waals surface area contributed by atoms with Gasteiger partial charge in [0.2, 0.25) is 11.8 Å². The molecule has 2 aliphatic rings. The molecule has 5 nitrogen and oxygen atoms in total. The van der Waals surface area contributed by atoms with Crippen LogP contribution in [0, 0.1) is 20.8 Å². The Morgan fingerprint density at radius 3 is 2.86 bits per heavy atom. The number of carbonyl (C=O) groups is 2. The average Bonchev–Trinajstić information content (AvgIpc) is 2.91. The molecule has 22 heavy (non-hydrogen) atoms. The van der Waals surface area contributed by atoms with E-state index in [1.807, 2.05) is 26.8 Å². The molecule has 2 amide bonds.